The highest BCUT2D eigenvalue weighted by Crippen LogP contribution is 2.32. The number of pyridine rings is 1. The van der Waals surface area contributed by atoms with Crippen LogP contribution in [0.2, 0.25) is 10.2 Å². The molecular weight excluding hydrogens is 287 g/mol. The Labute approximate surface area is 120 Å². The third-order valence-electron chi connectivity index (χ3n) is 2.42. The van der Waals surface area contributed by atoms with Gasteiger partial charge >= 0.3 is 0 Å². The van der Waals surface area contributed by atoms with Gasteiger partial charge in [-0.25, -0.2) is 4.98 Å². The number of aromatic nitrogens is 1. The number of para-hydroxylation sites is 1. The van der Waals surface area contributed by atoms with E-state index in [9.17, 15) is 4.79 Å². The monoisotopic (exact) mass is 296 g/mol. The number of nitrogens with zero attached hydrogens (tertiary/aromatic N) is 1. The van der Waals surface area contributed by atoms with Crippen molar-refractivity contribution in [1.82, 2.24) is 4.98 Å². The predicted octanol–water partition coefficient (Wildman–Crippen LogP) is 3.65. The number of carbonyl (C=O) groups excluding carboxylic acids is 1. The molecule has 0 bridgehead atoms. The summed E-state index contributed by atoms with van der Waals surface area (Å²) in [5, 5.41) is 3.24. The van der Waals surface area contributed by atoms with Crippen LogP contribution in [0.4, 0.5) is 5.69 Å². The second kappa shape index (κ2) is 5.91. The molecule has 0 saturated carbocycles. The lowest BCUT2D eigenvalue weighted by Gasteiger charge is -2.11. The summed E-state index contributed by atoms with van der Waals surface area (Å²) < 4.78 is 5.15. The third-order valence-corrected chi connectivity index (χ3v) is 3.02. The number of benzene rings is 1. The summed E-state index contributed by atoms with van der Waals surface area (Å²) in [7, 11) is 1.48. The van der Waals surface area contributed by atoms with Crippen LogP contribution in [0, 0.1) is 0 Å². The Bertz CT molecular complexity index is 617. The SMILES string of the molecule is COc1c(Cl)cccc1NC(=O)c1cccnc1Cl. The van der Waals surface area contributed by atoms with Crippen molar-refractivity contribution >= 4 is 34.8 Å². The molecule has 98 valence electrons. The molecule has 0 spiro atoms. The Morgan fingerprint density at radius 2 is 2.05 bits per heavy atom. The van der Waals surface area contributed by atoms with Crippen LogP contribution >= 0.6 is 23.2 Å². The maximum atomic E-state index is 12.1. The number of amides is 1. The van der Waals surface area contributed by atoms with Gasteiger partial charge in [0.2, 0.25) is 0 Å². The fourth-order valence-electron chi connectivity index (χ4n) is 1.56. The lowest BCUT2D eigenvalue weighted by Crippen LogP contribution is -2.13. The molecule has 1 aromatic carbocycles. The van der Waals surface area contributed by atoms with Gasteiger partial charge in [-0.2, -0.15) is 0 Å². The predicted molar refractivity (Wildman–Crippen MR) is 75.2 cm³/mol. The van der Waals surface area contributed by atoms with Gasteiger partial charge in [0.25, 0.3) is 5.91 Å². The molecule has 0 aliphatic carbocycles. The minimum atomic E-state index is -0.376. The Morgan fingerprint density at radius 3 is 2.74 bits per heavy atom. The number of hydrogen-bond acceptors (Lipinski definition) is 3. The van der Waals surface area contributed by atoms with Crippen molar-refractivity contribution in [3.8, 4) is 5.75 Å². The first-order valence-electron chi connectivity index (χ1n) is 5.38. The van der Waals surface area contributed by atoms with E-state index in [2.05, 4.69) is 10.3 Å². The van der Waals surface area contributed by atoms with E-state index < -0.39 is 0 Å². The molecule has 0 radical (unpaired) electrons. The molecule has 2 rings (SSSR count). The molecule has 1 heterocycles. The number of hydrogen-bond donors (Lipinski definition) is 1. The van der Waals surface area contributed by atoms with Gasteiger partial charge in [0.15, 0.2) is 5.75 Å². The third kappa shape index (κ3) is 2.97. The van der Waals surface area contributed by atoms with Gasteiger partial charge < -0.3 is 10.1 Å². The second-order valence-corrected chi connectivity index (χ2v) is 4.38. The fourth-order valence-corrected chi connectivity index (χ4v) is 2.02. The normalized spacial score (nSPS) is 10.1. The summed E-state index contributed by atoms with van der Waals surface area (Å²) in [4.78, 5) is 15.9. The molecule has 0 fully saturated rings. The van der Waals surface area contributed by atoms with Gasteiger partial charge in [0.05, 0.1) is 23.4 Å². The topological polar surface area (TPSA) is 51.2 Å². The zero-order chi connectivity index (χ0) is 13.8. The Hall–Kier alpha value is -1.78. The lowest BCUT2D eigenvalue weighted by atomic mass is 10.2. The quantitative estimate of drug-likeness (QED) is 0.880. The highest BCUT2D eigenvalue weighted by molar-refractivity contribution is 6.34. The molecule has 6 heteroatoms. The van der Waals surface area contributed by atoms with Crippen LogP contribution in [0.15, 0.2) is 36.5 Å². The molecule has 0 saturated heterocycles. The van der Waals surface area contributed by atoms with Gasteiger partial charge in [-0.3, -0.25) is 4.79 Å². The number of nitrogens with one attached hydrogen (secondary N) is 1. The van der Waals surface area contributed by atoms with Crippen LogP contribution in [-0.4, -0.2) is 18.0 Å². The molecule has 4 nitrogen and oxygen atoms in total. The maximum absolute atomic E-state index is 12.1. The molecule has 0 unspecified atom stereocenters. The van der Waals surface area contributed by atoms with Gasteiger partial charge in [-0.1, -0.05) is 29.3 Å². The first-order valence-corrected chi connectivity index (χ1v) is 6.13. The number of ether oxygens (including phenoxy) is 1. The Balaban J connectivity index is 2.30. The molecule has 1 N–H and O–H groups in total. The van der Waals surface area contributed by atoms with Crippen molar-refractivity contribution in [2.24, 2.45) is 0 Å². The first kappa shape index (κ1) is 13.6. The van der Waals surface area contributed by atoms with E-state index in [1.165, 1.54) is 13.3 Å². The van der Waals surface area contributed by atoms with Crippen molar-refractivity contribution in [3.05, 3.63) is 52.3 Å². The van der Waals surface area contributed by atoms with Crippen molar-refractivity contribution in [1.29, 1.82) is 0 Å². The summed E-state index contributed by atoms with van der Waals surface area (Å²) in [5.41, 5.74) is 0.756. The molecule has 0 atom stereocenters. The zero-order valence-electron chi connectivity index (χ0n) is 9.98. The van der Waals surface area contributed by atoms with Gasteiger partial charge in [0.1, 0.15) is 5.15 Å². The smallest absolute Gasteiger partial charge is 0.258 e. The van der Waals surface area contributed by atoms with E-state index in [-0.39, 0.29) is 16.6 Å². The van der Waals surface area contributed by atoms with Gasteiger partial charge in [-0.05, 0) is 24.3 Å². The Kier molecular flexibility index (Phi) is 4.24. The molecular formula is C13H10Cl2N2O2. The fraction of sp³-hybridized carbons (Fsp3) is 0.0769. The zero-order valence-corrected chi connectivity index (χ0v) is 11.5. The summed E-state index contributed by atoms with van der Waals surface area (Å²) in [6, 6.07) is 8.29. The molecule has 1 amide bonds. The molecule has 1 aromatic heterocycles. The molecule has 19 heavy (non-hydrogen) atoms. The van der Waals surface area contributed by atoms with Crippen LogP contribution in [0.5, 0.6) is 5.75 Å². The van der Waals surface area contributed by atoms with E-state index in [0.29, 0.717) is 16.5 Å². The minimum Gasteiger partial charge on any atom is -0.493 e. The molecule has 2 aromatic rings. The molecule has 0 aliphatic rings. The second-order valence-electron chi connectivity index (χ2n) is 3.62. The number of anilines is 1. The summed E-state index contributed by atoms with van der Waals surface area (Å²) in [5.74, 6) is 0.0243. The van der Waals surface area contributed by atoms with Crippen molar-refractivity contribution in [3.63, 3.8) is 0 Å². The van der Waals surface area contributed by atoms with E-state index in [1.54, 1.807) is 30.3 Å². The number of methoxy groups -OCH3 is 1. The van der Waals surface area contributed by atoms with Crippen LogP contribution < -0.4 is 10.1 Å². The van der Waals surface area contributed by atoms with Crippen LogP contribution in [0.25, 0.3) is 0 Å². The van der Waals surface area contributed by atoms with Crippen LogP contribution in [-0.2, 0) is 0 Å². The average Bonchev–Trinajstić information content (AvgIpc) is 2.39. The first-order chi connectivity index (χ1) is 9.13. The van der Waals surface area contributed by atoms with Crippen molar-refractivity contribution in [2.75, 3.05) is 12.4 Å². The van der Waals surface area contributed by atoms with E-state index in [0.717, 1.165) is 0 Å². The lowest BCUT2D eigenvalue weighted by molar-refractivity contribution is 0.102. The average molecular weight is 297 g/mol. The highest BCUT2D eigenvalue weighted by atomic mass is 35.5. The summed E-state index contributed by atoms with van der Waals surface area (Å²) in [6.45, 7) is 0. The van der Waals surface area contributed by atoms with Gasteiger partial charge in [0, 0.05) is 6.20 Å². The maximum Gasteiger partial charge on any atom is 0.258 e. The summed E-state index contributed by atoms with van der Waals surface area (Å²) in [6.07, 6.45) is 1.51. The number of rotatable bonds is 3. The van der Waals surface area contributed by atoms with Crippen molar-refractivity contribution in [2.45, 2.75) is 0 Å². The van der Waals surface area contributed by atoms with Crippen molar-refractivity contribution < 1.29 is 9.53 Å². The largest absolute Gasteiger partial charge is 0.493 e. The van der Waals surface area contributed by atoms with E-state index in [4.69, 9.17) is 27.9 Å². The number of carbonyl (C=O) groups is 1. The van der Waals surface area contributed by atoms with E-state index in [1.807, 2.05) is 0 Å². The standard InChI is InChI=1S/C13H10Cl2N2O2/c1-19-11-9(14)5-2-6-10(11)17-13(18)8-4-3-7-16-12(8)15/h2-7H,1H3,(H,17,18). The molecule has 0 aliphatic heterocycles. The van der Waals surface area contributed by atoms with Gasteiger partial charge in [-0.15, -0.1) is 0 Å². The number of halogens is 2. The highest BCUT2D eigenvalue weighted by Gasteiger charge is 2.14. The summed E-state index contributed by atoms with van der Waals surface area (Å²) >= 11 is 11.8. The van der Waals surface area contributed by atoms with E-state index >= 15 is 0 Å². The van der Waals surface area contributed by atoms with Crippen LogP contribution in [0.1, 0.15) is 10.4 Å². The van der Waals surface area contributed by atoms with Crippen LogP contribution in [0.3, 0.4) is 0 Å². The Morgan fingerprint density at radius 1 is 1.26 bits per heavy atom. The minimum absolute atomic E-state index is 0.140.